The number of hydrogen-bond donors (Lipinski definition) is 1. The van der Waals surface area contributed by atoms with Gasteiger partial charge in [0.1, 0.15) is 22.0 Å². The van der Waals surface area contributed by atoms with Crippen LogP contribution in [0.15, 0.2) is 48.8 Å². The number of anilines is 2. The van der Waals surface area contributed by atoms with Gasteiger partial charge < -0.3 is 25.0 Å². The number of hydrogen-bond acceptors (Lipinski definition) is 10. The van der Waals surface area contributed by atoms with Gasteiger partial charge in [0.15, 0.2) is 17.3 Å². The molecule has 0 unspecified atom stereocenters. The van der Waals surface area contributed by atoms with Crippen molar-refractivity contribution in [3.05, 3.63) is 48.8 Å². The molecule has 0 saturated carbocycles. The molecule has 5 rings (SSSR count). The van der Waals surface area contributed by atoms with Crippen LogP contribution in [-0.2, 0) is 4.79 Å². The van der Waals surface area contributed by atoms with Crippen molar-refractivity contribution in [3.63, 3.8) is 0 Å². The number of nitrogens with two attached hydrogens (primary N) is 1. The third kappa shape index (κ3) is 5.80. The number of ether oxygens (including phenoxy) is 2. The summed E-state index contributed by atoms with van der Waals surface area (Å²) in [7, 11) is 0. The fraction of sp³-hybridized carbons (Fsp3) is 0.261. The van der Waals surface area contributed by atoms with Gasteiger partial charge in [-0.1, -0.05) is 11.3 Å². The topological polar surface area (TPSA) is 120 Å². The van der Waals surface area contributed by atoms with Crippen LogP contribution in [0.25, 0.3) is 20.9 Å². The average molecular weight is 532 g/mol. The molecule has 3 aromatic heterocycles. The number of thiazole rings is 1. The summed E-state index contributed by atoms with van der Waals surface area (Å²) in [6, 6.07) is 8.62. The smallest absolute Gasteiger partial charge is 0.484 e. The molecule has 1 fully saturated rings. The SMILES string of the molecule is Nc1nc(N2CCN(C(=O)COc3ccc(OC(F)(F)F)cc3)CC2)c2nc(-c3cccnc3)sc2n1. The molecule has 0 bridgehead atoms. The number of halogens is 3. The largest absolute Gasteiger partial charge is 0.573 e. The van der Waals surface area contributed by atoms with Gasteiger partial charge in [0.05, 0.1) is 0 Å². The van der Waals surface area contributed by atoms with E-state index in [1.165, 1.54) is 23.5 Å². The number of aromatic nitrogens is 4. The minimum Gasteiger partial charge on any atom is -0.484 e. The van der Waals surface area contributed by atoms with E-state index in [9.17, 15) is 18.0 Å². The maximum atomic E-state index is 12.6. The second-order valence-electron chi connectivity index (χ2n) is 8.00. The Morgan fingerprint density at radius 3 is 2.43 bits per heavy atom. The number of pyridine rings is 1. The van der Waals surface area contributed by atoms with Crippen molar-refractivity contribution in [2.45, 2.75) is 6.36 Å². The summed E-state index contributed by atoms with van der Waals surface area (Å²) in [6.45, 7) is 1.60. The van der Waals surface area contributed by atoms with Crippen LogP contribution >= 0.6 is 11.3 Å². The molecule has 1 amide bonds. The van der Waals surface area contributed by atoms with E-state index in [-0.39, 0.29) is 30.0 Å². The zero-order chi connectivity index (χ0) is 26.0. The molecule has 4 aromatic rings. The minimum absolute atomic E-state index is 0.141. The van der Waals surface area contributed by atoms with E-state index < -0.39 is 6.36 Å². The van der Waals surface area contributed by atoms with Crippen molar-refractivity contribution in [2.75, 3.05) is 43.4 Å². The second kappa shape index (κ2) is 10.0. The van der Waals surface area contributed by atoms with Crippen LogP contribution in [-0.4, -0.2) is 69.9 Å². The van der Waals surface area contributed by atoms with Crippen LogP contribution in [0, 0.1) is 0 Å². The van der Waals surface area contributed by atoms with Crippen molar-refractivity contribution < 1.29 is 27.4 Å². The molecule has 4 heterocycles. The Bertz CT molecular complexity index is 1390. The number of fused-ring (bicyclic) bond motifs is 1. The van der Waals surface area contributed by atoms with E-state index in [1.807, 2.05) is 17.0 Å². The summed E-state index contributed by atoms with van der Waals surface area (Å²) in [4.78, 5) is 34.6. The average Bonchev–Trinajstić information content (AvgIpc) is 3.31. The highest BCUT2D eigenvalue weighted by Gasteiger charge is 2.31. The van der Waals surface area contributed by atoms with E-state index >= 15 is 0 Å². The first-order valence-electron chi connectivity index (χ1n) is 11.1. The molecule has 0 radical (unpaired) electrons. The monoisotopic (exact) mass is 531 g/mol. The lowest BCUT2D eigenvalue weighted by Gasteiger charge is -2.35. The standard InChI is InChI=1S/C23H20F3N7O3S/c24-23(25,26)36-16-5-3-15(4-6-16)35-13-17(34)32-8-10-33(11-9-32)19-18-21(31-22(27)30-19)37-20(29-18)14-2-1-7-28-12-14/h1-7,12H,8-11,13H2,(H2,27,30,31). The molecule has 1 saturated heterocycles. The fourth-order valence-electron chi connectivity index (χ4n) is 3.80. The lowest BCUT2D eigenvalue weighted by molar-refractivity contribution is -0.274. The Labute approximate surface area is 212 Å². The third-order valence-electron chi connectivity index (χ3n) is 5.52. The van der Waals surface area contributed by atoms with Crippen molar-refractivity contribution in [1.82, 2.24) is 24.8 Å². The van der Waals surface area contributed by atoms with Gasteiger partial charge in [-0.2, -0.15) is 4.98 Å². The molecule has 14 heteroatoms. The normalized spacial score (nSPS) is 14.1. The van der Waals surface area contributed by atoms with E-state index in [0.717, 1.165) is 22.7 Å². The Hall–Kier alpha value is -4.20. The van der Waals surface area contributed by atoms with Crippen LogP contribution < -0.4 is 20.1 Å². The summed E-state index contributed by atoms with van der Waals surface area (Å²) >= 11 is 1.40. The van der Waals surface area contributed by atoms with Gasteiger partial charge in [-0.05, 0) is 36.4 Å². The second-order valence-corrected chi connectivity index (χ2v) is 8.97. The number of benzene rings is 1. The predicted molar refractivity (Wildman–Crippen MR) is 130 cm³/mol. The number of carbonyl (C=O) groups is 1. The Balaban J connectivity index is 1.20. The number of nitrogens with zero attached hydrogens (tertiary/aromatic N) is 6. The van der Waals surface area contributed by atoms with Crippen molar-refractivity contribution in [3.8, 4) is 22.1 Å². The Morgan fingerprint density at radius 2 is 1.76 bits per heavy atom. The van der Waals surface area contributed by atoms with Gasteiger partial charge in [-0.25, -0.2) is 9.97 Å². The first-order valence-corrected chi connectivity index (χ1v) is 11.9. The summed E-state index contributed by atoms with van der Waals surface area (Å²) in [5, 5.41) is 0.758. The third-order valence-corrected chi connectivity index (χ3v) is 6.52. The van der Waals surface area contributed by atoms with Gasteiger partial charge >= 0.3 is 6.36 Å². The minimum atomic E-state index is -4.77. The summed E-state index contributed by atoms with van der Waals surface area (Å²) < 4.78 is 46.1. The molecule has 1 aliphatic heterocycles. The molecular weight excluding hydrogens is 511 g/mol. The van der Waals surface area contributed by atoms with Crippen molar-refractivity contribution >= 4 is 39.4 Å². The lowest BCUT2D eigenvalue weighted by atomic mass is 10.3. The molecule has 10 nitrogen and oxygen atoms in total. The molecule has 0 aliphatic carbocycles. The molecule has 1 aliphatic rings. The number of nitrogen functional groups attached to an aromatic ring is 1. The van der Waals surface area contributed by atoms with E-state index in [0.29, 0.717) is 42.3 Å². The first kappa shape index (κ1) is 24.5. The number of alkyl halides is 3. The highest BCUT2D eigenvalue weighted by Crippen LogP contribution is 2.34. The van der Waals surface area contributed by atoms with Gasteiger partial charge in [0.25, 0.3) is 5.91 Å². The molecule has 37 heavy (non-hydrogen) atoms. The van der Waals surface area contributed by atoms with Crippen molar-refractivity contribution in [2.24, 2.45) is 0 Å². The van der Waals surface area contributed by atoms with Crippen LogP contribution in [0.2, 0.25) is 0 Å². The van der Waals surface area contributed by atoms with E-state index in [1.54, 1.807) is 17.3 Å². The van der Waals surface area contributed by atoms with Gasteiger partial charge in [-0.3, -0.25) is 9.78 Å². The summed E-state index contributed by atoms with van der Waals surface area (Å²) in [5.41, 5.74) is 7.47. The maximum absolute atomic E-state index is 12.6. The van der Waals surface area contributed by atoms with Crippen molar-refractivity contribution in [1.29, 1.82) is 0 Å². The quantitative estimate of drug-likeness (QED) is 0.399. The number of amides is 1. The zero-order valence-corrected chi connectivity index (χ0v) is 20.0. The van der Waals surface area contributed by atoms with Crippen LogP contribution in [0.3, 0.4) is 0 Å². The highest BCUT2D eigenvalue weighted by molar-refractivity contribution is 7.21. The molecule has 0 spiro atoms. The summed E-state index contributed by atoms with van der Waals surface area (Å²) in [6.07, 6.45) is -1.36. The number of carbonyl (C=O) groups excluding carboxylic acids is 1. The van der Waals surface area contributed by atoms with Gasteiger partial charge in [0.2, 0.25) is 5.95 Å². The highest BCUT2D eigenvalue weighted by atomic mass is 32.1. The lowest BCUT2D eigenvalue weighted by Crippen LogP contribution is -2.50. The Morgan fingerprint density at radius 1 is 1.03 bits per heavy atom. The molecule has 1 aromatic carbocycles. The number of rotatable bonds is 6. The molecule has 0 atom stereocenters. The van der Waals surface area contributed by atoms with Gasteiger partial charge in [0, 0.05) is 44.1 Å². The first-order chi connectivity index (χ1) is 17.7. The van der Waals surface area contributed by atoms with E-state index in [4.69, 9.17) is 15.5 Å². The summed E-state index contributed by atoms with van der Waals surface area (Å²) in [5.74, 6) is 0.402. The maximum Gasteiger partial charge on any atom is 0.573 e. The Kier molecular flexibility index (Phi) is 6.65. The van der Waals surface area contributed by atoms with Crippen LogP contribution in [0.4, 0.5) is 24.9 Å². The van der Waals surface area contributed by atoms with Crippen LogP contribution in [0.1, 0.15) is 0 Å². The molecule has 2 N–H and O–H groups in total. The zero-order valence-electron chi connectivity index (χ0n) is 19.2. The molecule has 192 valence electrons. The van der Waals surface area contributed by atoms with Crippen LogP contribution in [0.5, 0.6) is 11.5 Å². The van der Waals surface area contributed by atoms with E-state index in [2.05, 4.69) is 19.7 Å². The predicted octanol–water partition coefficient (Wildman–Crippen LogP) is 3.36. The molecular formula is C23H20F3N7O3S. The van der Waals surface area contributed by atoms with Gasteiger partial charge in [-0.15, -0.1) is 13.2 Å². The fourth-order valence-corrected chi connectivity index (χ4v) is 4.73. The number of piperazine rings is 1.